The molecule has 0 heterocycles. The highest BCUT2D eigenvalue weighted by Gasteiger charge is 2.23. The Balaban J connectivity index is 2.16. The van der Waals surface area contributed by atoms with Crippen LogP contribution >= 0.6 is 0 Å². The Morgan fingerprint density at radius 1 is 1.43 bits per heavy atom. The summed E-state index contributed by atoms with van der Waals surface area (Å²) < 4.78 is 14.0. The largest absolute Gasteiger partial charge is 0.395 e. The van der Waals surface area contributed by atoms with E-state index in [2.05, 4.69) is 4.90 Å². The molecule has 0 saturated heterocycles. The number of hydrogen-bond acceptors (Lipinski definition) is 4. The Kier molecular flexibility index (Phi) is 5.67. The van der Waals surface area contributed by atoms with E-state index in [1.165, 1.54) is 31.0 Å². The smallest absolute Gasteiger partial charge is 0.265 e. The van der Waals surface area contributed by atoms with E-state index in [-0.39, 0.29) is 12.4 Å². The van der Waals surface area contributed by atoms with Gasteiger partial charge in [-0.05, 0) is 31.0 Å². The van der Waals surface area contributed by atoms with E-state index in [4.69, 9.17) is 5.84 Å². The van der Waals surface area contributed by atoms with Crippen LogP contribution in [0.3, 0.4) is 0 Å². The molecule has 21 heavy (non-hydrogen) atoms. The van der Waals surface area contributed by atoms with Crippen LogP contribution in [0.5, 0.6) is 0 Å². The predicted molar refractivity (Wildman–Crippen MR) is 77.8 cm³/mol. The van der Waals surface area contributed by atoms with Gasteiger partial charge in [0.1, 0.15) is 5.82 Å². The lowest BCUT2D eigenvalue weighted by Crippen LogP contribution is -2.35. The molecule has 0 bridgehead atoms. The first kappa shape index (κ1) is 15.9. The zero-order valence-electron chi connectivity index (χ0n) is 12.0. The fourth-order valence-corrected chi connectivity index (χ4v) is 2.93. The summed E-state index contributed by atoms with van der Waals surface area (Å²) in [7, 11) is 0. The highest BCUT2D eigenvalue weighted by Crippen LogP contribution is 2.25. The van der Waals surface area contributed by atoms with Gasteiger partial charge in [0.25, 0.3) is 5.91 Å². The molecule has 0 atom stereocenters. The summed E-state index contributed by atoms with van der Waals surface area (Å²) in [6.07, 6.45) is 4.49. The molecule has 1 fully saturated rings. The number of carbonyl (C=O) groups excluding carboxylic acids is 1. The van der Waals surface area contributed by atoms with Gasteiger partial charge in [0, 0.05) is 30.3 Å². The maximum Gasteiger partial charge on any atom is 0.265 e. The van der Waals surface area contributed by atoms with Crippen LogP contribution in [0.1, 0.15) is 41.6 Å². The average Bonchev–Trinajstić information content (AvgIpc) is 3.02. The topological polar surface area (TPSA) is 78.6 Å². The van der Waals surface area contributed by atoms with Gasteiger partial charge >= 0.3 is 0 Å². The van der Waals surface area contributed by atoms with E-state index in [9.17, 15) is 14.3 Å². The molecule has 1 aromatic carbocycles. The second-order valence-corrected chi connectivity index (χ2v) is 5.41. The molecule has 1 aromatic rings. The van der Waals surface area contributed by atoms with Gasteiger partial charge in [-0.15, -0.1) is 0 Å². The van der Waals surface area contributed by atoms with Gasteiger partial charge in [0.2, 0.25) is 0 Å². The number of amides is 1. The molecule has 116 valence electrons. The second kappa shape index (κ2) is 7.49. The molecule has 4 N–H and O–H groups in total. The summed E-state index contributed by atoms with van der Waals surface area (Å²) in [5.74, 6) is 4.32. The lowest BCUT2D eigenvalue weighted by atomic mass is 10.1. The molecule has 0 unspecified atom stereocenters. The number of nitrogens with two attached hydrogens (primary N) is 1. The van der Waals surface area contributed by atoms with E-state index in [1.807, 2.05) is 5.43 Å². The van der Waals surface area contributed by atoms with Gasteiger partial charge in [-0.3, -0.25) is 15.1 Å². The molecule has 5 nitrogen and oxygen atoms in total. The molecule has 2 rings (SSSR count). The lowest BCUT2D eigenvalue weighted by molar-refractivity contribution is 0.0953. The highest BCUT2D eigenvalue weighted by atomic mass is 19.1. The summed E-state index contributed by atoms with van der Waals surface area (Å²) in [5.41, 5.74) is 2.84. The number of nitrogens with zero attached hydrogens (tertiary/aromatic N) is 1. The maximum atomic E-state index is 14.0. The maximum absolute atomic E-state index is 14.0. The summed E-state index contributed by atoms with van der Waals surface area (Å²) in [6, 6.07) is 4.60. The lowest BCUT2D eigenvalue weighted by Gasteiger charge is -2.28. The monoisotopic (exact) mass is 295 g/mol. The van der Waals surface area contributed by atoms with Gasteiger partial charge in [0.15, 0.2) is 0 Å². The molecular formula is C15H22FN3O2. The van der Waals surface area contributed by atoms with E-state index >= 15 is 0 Å². The molecule has 1 amide bonds. The van der Waals surface area contributed by atoms with Crippen molar-refractivity contribution in [3.8, 4) is 0 Å². The number of nitrogens with one attached hydrogen (secondary N) is 1. The minimum atomic E-state index is -0.439. The van der Waals surface area contributed by atoms with Crippen LogP contribution in [0, 0.1) is 5.82 Å². The highest BCUT2D eigenvalue weighted by molar-refractivity contribution is 5.93. The third-order valence-corrected chi connectivity index (χ3v) is 4.04. The van der Waals surface area contributed by atoms with Gasteiger partial charge in [0.05, 0.1) is 6.61 Å². The summed E-state index contributed by atoms with van der Waals surface area (Å²) in [6.45, 7) is 0.946. The first-order chi connectivity index (χ1) is 10.2. The predicted octanol–water partition coefficient (Wildman–Crippen LogP) is 1.17. The quantitative estimate of drug-likeness (QED) is 0.418. The summed E-state index contributed by atoms with van der Waals surface area (Å²) in [4.78, 5) is 13.6. The van der Waals surface area contributed by atoms with Crippen LogP contribution in [0.2, 0.25) is 0 Å². The third kappa shape index (κ3) is 4.00. The van der Waals surface area contributed by atoms with Crippen LogP contribution < -0.4 is 11.3 Å². The fourth-order valence-electron chi connectivity index (χ4n) is 2.93. The number of benzene rings is 1. The molecule has 1 aliphatic carbocycles. The van der Waals surface area contributed by atoms with Gasteiger partial charge in [-0.1, -0.05) is 12.8 Å². The van der Waals surface area contributed by atoms with Crippen molar-refractivity contribution in [2.24, 2.45) is 5.84 Å². The third-order valence-electron chi connectivity index (χ3n) is 4.04. The van der Waals surface area contributed by atoms with Crippen molar-refractivity contribution in [2.75, 3.05) is 13.2 Å². The zero-order chi connectivity index (χ0) is 15.2. The number of hydrazine groups is 1. The van der Waals surface area contributed by atoms with Gasteiger partial charge in [-0.2, -0.15) is 0 Å². The van der Waals surface area contributed by atoms with Gasteiger partial charge in [-0.25, -0.2) is 10.2 Å². The molecule has 0 aromatic heterocycles. The Hall–Kier alpha value is -1.50. The van der Waals surface area contributed by atoms with Crippen LogP contribution in [0.15, 0.2) is 18.2 Å². The van der Waals surface area contributed by atoms with E-state index < -0.39 is 5.91 Å². The molecule has 6 heteroatoms. The molecule has 0 spiro atoms. The molecule has 1 aliphatic rings. The Labute approximate surface area is 123 Å². The molecule has 0 radical (unpaired) electrons. The van der Waals surface area contributed by atoms with Crippen LogP contribution in [0.25, 0.3) is 0 Å². The molecule has 1 saturated carbocycles. The minimum Gasteiger partial charge on any atom is -0.395 e. The number of hydrogen-bond donors (Lipinski definition) is 3. The number of carbonyl (C=O) groups is 1. The minimum absolute atomic E-state index is 0.0428. The summed E-state index contributed by atoms with van der Waals surface area (Å²) in [5, 5.41) is 9.21. The van der Waals surface area contributed by atoms with Crippen LogP contribution in [0.4, 0.5) is 4.39 Å². The number of halogens is 1. The van der Waals surface area contributed by atoms with Crippen molar-refractivity contribution >= 4 is 5.91 Å². The van der Waals surface area contributed by atoms with Crippen molar-refractivity contribution < 1.29 is 14.3 Å². The van der Waals surface area contributed by atoms with Crippen LogP contribution in [-0.2, 0) is 6.54 Å². The molecule has 0 aliphatic heterocycles. The van der Waals surface area contributed by atoms with Crippen molar-refractivity contribution in [1.29, 1.82) is 0 Å². The second-order valence-electron chi connectivity index (χ2n) is 5.41. The van der Waals surface area contributed by atoms with Gasteiger partial charge < -0.3 is 5.11 Å². The van der Waals surface area contributed by atoms with Crippen molar-refractivity contribution in [3.05, 3.63) is 35.1 Å². The van der Waals surface area contributed by atoms with Crippen molar-refractivity contribution in [1.82, 2.24) is 10.3 Å². The number of aliphatic hydroxyl groups excluding tert-OH is 1. The first-order valence-electron chi connectivity index (χ1n) is 7.30. The number of rotatable bonds is 6. The standard InChI is InChI=1S/C15H22FN3O2/c16-14-6-5-11(15(21)18-17)9-12(14)10-19(7-8-20)13-3-1-2-4-13/h5-6,9,13,20H,1-4,7-8,10,17H2,(H,18,21). The first-order valence-corrected chi connectivity index (χ1v) is 7.30. The Bertz CT molecular complexity index is 490. The van der Waals surface area contributed by atoms with Crippen molar-refractivity contribution in [2.45, 2.75) is 38.3 Å². The zero-order valence-corrected chi connectivity index (χ0v) is 12.0. The van der Waals surface area contributed by atoms with Crippen LogP contribution in [-0.4, -0.2) is 35.1 Å². The fraction of sp³-hybridized carbons (Fsp3) is 0.533. The van der Waals surface area contributed by atoms with E-state index in [0.29, 0.717) is 30.3 Å². The Morgan fingerprint density at radius 3 is 2.76 bits per heavy atom. The molecular weight excluding hydrogens is 273 g/mol. The number of nitrogen functional groups attached to an aromatic ring is 1. The Morgan fingerprint density at radius 2 is 2.14 bits per heavy atom. The normalized spacial score (nSPS) is 15.6. The van der Waals surface area contributed by atoms with E-state index in [0.717, 1.165) is 12.8 Å². The summed E-state index contributed by atoms with van der Waals surface area (Å²) >= 11 is 0. The van der Waals surface area contributed by atoms with E-state index in [1.54, 1.807) is 0 Å². The van der Waals surface area contributed by atoms with Crippen molar-refractivity contribution in [3.63, 3.8) is 0 Å². The average molecular weight is 295 g/mol. The number of aliphatic hydroxyl groups is 1. The SMILES string of the molecule is NNC(=O)c1ccc(F)c(CN(CCO)C2CCCC2)c1.